The van der Waals surface area contributed by atoms with Gasteiger partial charge in [-0.1, -0.05) is 12.1 Å². The Morgan fingerprint density at radius 3 is 2.65 bits per heavy atom. The molecule has 164 valence electrons. The minimum atomic E-state index is -3.64. The van der Waals surface area contributed by atoms with Crippen molar-refractivity contribution >= 4 is 21.7 Å². The van der Waals surface area contributed by atoms with E-state index in [1.807, 2.05) is 0 Å². The number of rotatable bonds is 10. The zero-order valence-corrected chi connectivity index (χ0v) is 17.4. The van der Waals surface area contributed by atoms with Crippen LogP contribution in [0.4, 0.5) is 10.2 Å². The van der Waals surface area contributed by atoms with E-state index in [0.29, 0.717) is 17.0 Å². The van der Waals surface area contributed by atoms with Gasteiger partial charge in [-0.05, 0) is 36.4 Å². The van der Waals surface area contributed by atoms with E-state index in [-0.39, 0.29) is 36.3 Å². The third kappa shape index (κ3) is 6.35. The molecule has 31 heavy (non-hydrogen) atoms. The van der Waals surface area contributed by atoms with E-state index < -0.39 is 15.9 Å². The van der Waals surface area contributed by atoms with E-state index in [1.54, 1.807) is 18.2 Å². The maximum Gasteiger partial charge on any atom is 0.263 e. The van der Waals surface area contributed by atoms with Gasteiger partial charge in [0.05, 0.1) is 17.2 Å². The number of halogens is 1. The van der Waals surface area contributed by atoms with Crippen LogP contribution >= 0.6 is 0 Å². The quantitative estimate of drug-likeness (QED) is 0.409. The fourth-order valence-electron chi connectivity index (χ4n) is 2.59. The van der Waals surface area contributed by atoms with Crippen molar-refractivity contribution in [3.8, 4) is 17.0 Å². The predicted octanol–water partition coefficient (Wildman–Crippen LogP) is 2.16. The molecule has 3 rings (SSSR count). The molecule has 1 heterocycles. The average Bonchev–Trinajstić information content (AvgIpc) is 3.21. The topological polar surface area (TPSA) is 122 Å². The second-order valence-corrected chi connectivity index (χ2v) is 8.14. The third-order valence-electron chi connectivity index (χ3n) is 4.08. The normalized spacial score (nSPS) is 11.3. The number of carbonyl (C=O) groups excluding carboxylic acids is 1. The molecule has 11 heteroatoms. The maximum absolute atomic E-state index is 13.3. The molecule has 0 radical (unpaired) electrons. The number of benzene rings is 2. The van der Waals surface area contributed by atoms with E-state index in [1.165, 1.54) is 43.5 Å². The molecule has 0 atom stereocenters. The van der Waals surface area contributed by atoms with Crippen LogP contribution in [0, 0.1) is 5.82 Å². The standard InChI is InChI=1S/C20H21FN4O5S/c1-29-10-9-22-31(27,28)17-7-5-16(6-8-17)30-13-20(26)23-19-12-18(24-25-19)14-3-2-4-15(21)11-14/h2-8,11-12,22H,9-10,13H2,1H3,(H2,23,24,25,26). The summed E-state index contributed by atoms with van der Waals surface area (Å²) in [6.07, 6.45) is 0. The molecule has 1 aromatic heterocycles. The zero-order valence-electron chi connectivity index (χ0n) is 16.6. The van der Waals surface area contributed by atoms with Crippen molar-refractivity contribution in [3.63, 3.8) is 0 Å². The van der Waals surface area contributed by atoms with Crippen molar-refractivity contribution < 1.29 is 27.1 Å². The number of hydrogen-bond acceptors (Lipinski definition) is 6. The van der Waals surface area contributed by atoms with Crippen LogP contribution in [-0.4, -0.2) is 51.4 Å². The molecule has 0 aliphatic rings. The van der Waals surface area contributed by atoms with Crippen molar-refractivity contribution in [2.24, 2.45) is 0 Å². The smallest absolute Gasteiger partial charge is 0.263 e. The third-order valence-corrected chi connectivity index (χ3v) is 5.56. The number of carbonyl (C=O) groups is 1. The minimum absolute atomic E-state index is 0.0711. The number of nitrogens with zero attached hydrogens (tertiary/aromatic N) is 1. The molecule has 0 spiro atoms. The van der Waals surface area contributed by atoms with Crippen LogP contribution in [0.1, 0.15) is 0 Å². The molecule has 0 bridgehead atoms. The Labute approximate surface area is 178 Å². The number of methoxy groups -OCH3 is 1. The number of amides is 1. The van der Waals surface area contributed by atoms with Gasteiger partial charge in [0.15, 0.2) is 12.4 Å². The van der Waals surface area contributed by atoms with Crippen LogP contribution in [-0.2, 0) is 19.6 Å². The van der Waals surface area contributed by atoms with Gasteiger partial charge in [-0.2, -0.15) is 5.10 Å². The molecule has 3 N–H and O–H groups in total. The summed E-state index contributed by atoms with van der Waals surface area (Å²) in [6.45, 7) is 0.112. The minimum Gasteiger partial charge on any atom is -0.484 e. The number of sulfonamides is 1. The Balaban J connectivity index is 1.52. The molecule has 0 saturated carbocycles. The Bertz CT molecular complexity index is 1130. The number of aromatic amines is 1. The van der Waals surface area contributed by atoms with E-state index >= 15 is 0 Å². The van der Waals surface area contributed by atoms with Crippen molar-refractivity contribution in [2.75, 3.05) is 32.2 Å². The first-order valence-electron chi connectivity index (χ1n) is 9.20. The van der Waals surface area contributed by atoms with Gasteiger partial charge in [0.25, 0.3) is 5.91 Å². The largest absolute Gasteiger partial charge is 0.484 e. The molecule has 0 unspecified atom stereocenters. The van der Waals surface area contributed by atoms with Crippen LogP contribution in [0.3, 0.4) is 0 Å². The second kappa shape index (κ2) is 10.2. The summed E-state index contributed by atoms with van der Waals surface area (Å²) < 4.78 is 50.1. The molecule has 3 aromatic rings. The average molecular weight is 448 g/mol. The van der Waals surface area contributed by atoms with Crippen molar-refractivity contribution in [1.29, 1.82) is 0 Å². The number of anilines is 1. The first-order valence-corrected chi connectivity index (χ1v) is 10.7. The zero-order chi connectivity index (χ0) is 22.3. The summed E-state index contributed by atoms with van der Waals surface area (Å²) in [4.78, 5) is 12.2. The second-order valence-electron chi connectivity index (χ2n) is 6.38. The molecule has 9 nitrogen and oxygen atoms in total. The molecule has 0 aliphatic carbocycles. The molecular formula is C20H21FN4O5S. The molecule has 0 saturated heterocycles. The molecule has 0 fully saturated rings. The summed E-state index contributed by atoms with van der Waals surface area (Å²) >= 11 is 0. The summed E-state index contributed by atoms with van der Waals surface area (Å²) in [5.41, 5.74) is 1.14. The fourth-order valence-corrected chi connectivity index (χ4v) is 3.61. The van der Waals surface area contributed by atoms with E-state index in [4.69, 9.17) is 9.47 Å². The van der Waals surface area contributed by atoms with Crippen molar-refractivity contribution in [3.05, 3.63) is 60.4 Å². The summed E-state index contributed by atoms with van der Waals surface area (Å²) in [7, 11) is -2.17. The highest BCUT2D eigenvalue weighted by Crippen LogP contribution is 2.20. The lowest BCUT2D eigenvalue weighted by molar-refractivity contribution is -0.118. The fraction of sp³-hybridized carbons (Fsp3) is 0.200. The Morgan fingerprint density at radius 2 is 1.94 bits per heavy atom. The van der Waals surface area contributed by atoms with Crippen LogP contribution in [0.15, 0.2) is 59.5 Å². The van der Waals surface area contributed by atoms with Gasteiger partial charge in [0.2, 0.25) is 10.0 Å². The van der Waals surface area contributed by atoms with Gasteiger partial charge < -0.3 is 14.8 Å². The number of ether oxygens (including phenoxy) is 2. The SMILES string of the molecule is COCCNS(=O)(=O)c1ccc(OCC(=O)Nc2cc(-c3cccc(F)c3)[nH]n2)cc1. The Morgan fingerprint density at radius 1 is 1.16 bits per heavy atom. The molecule has 1 amide bonds. The number of H-pyrrole nitrogens is 1. The summed E-state index contributed by atoms with van der Waals surface area (Å²) in [5.74, 6) is -0.254. The van der Waals surface area contributed by atoms with Gasteiger partial charge in [0.1, 0.15) is 11.6 Å². The lowest BCUT2D eigenvalue weighted by Crippen LogP contribution is -2.27. The van der Waals surface area contributed by atoms with Gasteiger partial charge in [-0.25, -0.2) is 17.5 Å². The summed E-state index contributed by atoms with van der Waals surface area (Å²) in [6, 6.07) is 13.2. The molecule has 2 aromatic carbocycles. The van der Waals surface area contributed by atoms with Crippen molar-refractivity contribution in [1.82, 2.24) is 14.9 Å². The lowest BCUT2D eigenvalue weighted by Gasteiger charge is -2.08. The van der Waals surface area contributed by atoms with Gasteiger partial charge in [0, 0.05) is 25.3 Å². The Kier molecular flexibility index (Phi) is 7.34. The van der Waals surface area contributed by atoms with Crippen LogP contribution < -0.4 is 14.8 Å². The Hall–Kier alpha value is -3.28. The lowest BCUT2D eigenvalue weighted by atomic mass is 10.1. The summed E-state index contributed by atoms with van der Waals surface area (Å²) in [5, 5.41) is 9.26. The highest BCUT2D eigenvalue weighted by atomic mass is 32.2. The van der Waals surface area contributed by atoms with Crippen LogP contribution in [0.5, 0.6) is 5.75 Å². The van der Waals surface area contributed by atoms with E-state index in [2.05, 4.69) is 20.2 Å². The monoisotopic (exact) mass is 448 g/mol. The number of nitrogens with one attached hydrogen (secondary N) is 3. The number of aromatic nitrogens is 2. The van der Waals surface area contributed by atoms with Gasteiger partial charge >= 0.3 is 0 Å². The molecule has 0 aliphatic heterocycles. The number of hydrogen-bond donors (Lipinski definition) is 3. The predicted molar refractivity (Wildman–Crippen MR) is 112 cm³/mol. The van der Waals surface area contributed by atoms with Crippen LogP contribution in [0.25, 0.3) is 11.3 Å². The molecular weight excluding hydrogens is 427 g/mol. The first kappa shape index (κ1) is 22.4. The first-order chi connectivity index (χ1) is 14.9. The highest BCUT2D eigenvalue weighted by Gasteiger charge is 2.14. The van der Waals surface area contributed by atoms with E-state index in [0.717, 1.165) is 0 Å². The van der Waals surface area contributed by atoms with Crippen molar-refractivity contribution in [2.45, 2.75) is 4.90 Å². The van der Waals surface area contributed by atoms with E-state index in [9.17, 15) is 17.6 Å². The van der Waals surface area contributed by atoms with Gasteiger partial charge in [-0.15, -0.1) is 0 Å². The maximum atomic E-state index is 13.3. The highest BCUT2D eigenvalue weighted by molar-refractivity contribution is 7.89. The van der Waals surface area contributed by atoms with Crippen LogP contribution in [0.2, 0.25) is 0 Å². The van der Waals surface area contributed by atoms with Gasteiger partial charge in [-0.3, -0.25) is 9.89 Å².